The summed E-state index contributed by atoms with van der Waals surface area (Å²) in [6.45, 7) is 7.34. The number of hydrogen-bond donors (Lipinski definition) is 1. The first-order chi connectivity index (χ1) is 9.97. The number of rotatable bonds is 5. The standard InChI is InChI=1S/C17H24N2O2/c1-4-21-16(2,3)12-19-14(13-8-6-5-7-9-13)18-17(10-11-17)15(19)20/h5-9,14,18H,4,10-12H2,1-3H3. The summed E-state index contributed by atoms with van der Waals surface area (Å²) in [5.74, 6) is 0.226. The molecular weight excluding hydrogens is 264 g/mol. The summed E-state index contributed by atoms with van der Waals surface area (Å²) in [6, 6.07) is 10.2. The molecule has 1 heterocycles. The van der Waals surface area contributed by atoms with E-state index in [2.05, 4.69) is 17.4 Å². The van der Waals surface area contributed by atoms with Crippen LogP contribution in [0.15, 0.2) is 30.3 Å². The number of ether oxygens (including phenoxy) is 1. The zero-order valence-electron chi connectivity index (χ0n) is 13.1. The Labute approximate surface area is 126 Å². The monoisotopic (exact) mass is 288 g/mol. The normalized spacial score (nSPS) is 23.9. The highest BCUT2D eigenvalue weighted by Gasteiger charge is 2.59. The van der Waals surface area contributed by atoms with Crippen molar-refractivity contribution in [2.24, 2.45) is 0 Å². The molecule has 0 aromatic heterocycles. The average Bonchev–Trinajstić information content (AvgIpc) is 3.18. The van der Waals surface area contributed by atoms with E-state index in [0.29, 0.717) is 13.2 Å². The van der Waals surface area contributed by atoms with Gasteiger partial charge in [-0.1, -0.05) is 30.3 Å². The molecule has 2 fully saturated rings. The van der Waals surface area contributed by atoms with Crippen molar-refractivity contribution in [3.8, 4) is 0 Å². The zero-order chi connectivity index (χ0) is 15.1. The van der Waals surface area contributed by atoms with Crippen molar-refractivity contribution in [3.05, 3.63) is 35.9 Å². The van der Waals surface area contributed by atoms with Crippen LogP contribution < -0.4 is 5.32 Å². The van der Waals surface area contributed by atoms with Gasteiger partial charge >= 0.3 is 0 Å². The maximum absolute atomic E-state index is 12.8. The van der Waals surface area contributed by atoms with Crippen LogP contribution in [-0.2, 0) is 9.53 Å². The Kier molecular flexibility index (Phi) is 3.54. The van der Waals surface area contributed by atoms with Crippen LogP contribution in [0.3, 0.4) is 0 Å². The molecule has 1 saturated heterocycles. The third kappa shape index (κ3) is 2.70. The molecule has 1 atom stereocenters. The second-order valence-corrected chi connectivity index (χ2v) is 6.67. The molecule has 1 aliphatic carbocycles. The highest BCUT2D eigenvalue weighted by Crippen LogP contribution is 2.46. The lowest BCUT2D eigenvalue weighted by molar-refractivity contribution is -0.135. The van der Waals surface area contributed by atoms with Gasteiger partial charge in [0.05, 0.1) is 12.1 Å². The molecule has 1 saturated carbocycles. The highest BCUT2D eigenvalue weighted by molar-refractivity contribution is 5.92. The van der Waals surface area contributed by atoms with Crippen molar-refractivity contribution in [1.29, 1.82) is 0 Å². The van der Waals surface area contributed by atoms with Crippen LogP contribution in [0.25, 0.3) is 0 Å². The van der Waals surface area contributed by atoms with Gasteiger partial charge in [-0.2, -0.15) is 0 Å². The van der Waals surface area contributed by atoms with Gasteiger partial charge in [-0.3, -0.25) is 10.1 Å². The molecule has 1 amide bonds. The largest absolute Gasteiger partial charge is 0.374 e. The first kappa shape index (κ1) is 14.5. The first-order valence-electron chi connectivity index (χ1n) is 7.75. The minimum atomic E-state index is -0.334. The summed E-state index contributed by atoms with van der Waals surface area (Å²) >= 11 is 0. The van der Waals surface area contributed by atoms with Crippen LogP contribution in [0.4, 0.5) is 0 Å². The molecule has 1 N–H and O–H groups in total. The Morgan fingerprint density at radius 1 is 1.33 bits per heavy atom. The van der Waals surface area contributed by atoms with Gasteiger partial charge < -0.3 is 9.64 Å². The maximum Gasteiger partial charge on any atom is 0.244 e. The van der Waals surface area contributed by atoms with Gasteiger partial charge in [-0.15, -0.1) is 0 Å². The number of nitrogens with one attached hydrogen (secondary N) is 1. The van der Waals surface area contributed by atoms with Crippen molar-refractivity contribution in [1.82, 2.24) is 10.2 Å². The fourth-order valence-corrected chi connectivity index (χ4v) is 3.19. The fourth-order valence-electron chi connectivity index (χ4n) is 3.19. The van der Waals surface area contributed by atoms with Crippen LogP contribution in [0, 0.1) is 0 Å². The van der Waals surface area contributed by atoms with E-state index in [0.717, 1.165) is 18.4 Å². The topological polar surface area (TPSA) is 41.6 Å². The lowest BCUT2D eigenvalue weighted by atomic mass is 10.1. The Bertz CT molecular complexity index is 523. The number of carbonyl (C=O) groups excluding carboxylic acids is 1. The third-order valence-corrected chi connectivity index (χ3v) is 4.35. The molecule has 4 heteroatoms. The SMILES string of the molecule is CCOC(C)(C)CN1C(=O)C2(CC2)NC1c1ccccc1. The van der Waals surface area contributed by atoms with Crippen LogP contribution >= 0.6 is 0 Å². The summed E-state index contributed by atoms with van der Waals surface area (Å²) in [5, 5.41) is 3.54. The Hall–Kier alpha value is -1.39. The molecule has 21 heavy (non-hydrogen) atoms. The van der Waals surface area contributed by atoms with Gasteiger partial charge in [-0.05, 0) is 39.2 Å². The number of benzene rings is 1. The summed E-state index contributed by atoms with van der Waals surface area (Å²) in [7, 11) is 0. The second-order valence-electron chi connectivity index (χ2n) is 6.67. The molecule has 2 aliphatic rings. The van der Waals surface area contributed by atoms with E-state index in [1.807, 2.05) is 43.9 Å². The van der Waals surface area contributed by atoms with Crippen molar-refractivity contribution in [2.75, 3.05) is 13.2 Å². The zero-order valence-corrected chi connectivity index (χ0v) is 13.1. The van der Waals surface area contributed by atoms with E-state index in [9.17, 15) is 4.79 Å². The molecule has 4 nitrogen and oxygen atoms in total. The quantitative estimate of drug-likeness (QED) is 0.905. The first-order valence-corrected chi connectivity index (χ1v) is 7.75. The Morgan fingerprint density at radius 2 is 2.00 bits per heavy atom. The maximum atomic E-state index is 12.8. The third-order valence-electron chi connectivity index (χ3n) is 4.35. The predicted octanol–water partition coefficient (Wildman–Crippen LogP) is 2.46. The number of amides is 1. The van der Waals surface area contributed by atoms with Gasteiger partial charge in [0.2, 0.25) is 5.91 Å². The Balaban J connectivity index is 1.86. The van der Waals surface area contributed by atoms with Crippen molar-refractivity contribution < 1.29 is 9.53 Å². The van der Waals surface area contributed by atoms with E-state index < -0.39 is 0 Å². The predicted molar refractivity (Wildman–Crippen MR) is 81.7 cm³/mol. The summed E-state index contributed by atoms with van der Waals surface area (Å²) in [6.07, 6.45) is 1.85. The Morgan fingerprint density at radius 3 is 2.57 bits per heavy atom. The van der Waals surface area contributed by atoms with Crippen LogP contribution in [0.5, 0.6) is 0 Å². The average molecular weight is 288 g/mol. The molecule has 1 aliphatic heterocycles. The van der Waals surface area contributed by atoms with E-state index in [1.54, 1.807) is 0 Å². The molecule has 1 unspecified atom stereocenters. The molecule has 114 valence electrons. The smallest absolute Gasteiger partial charge is 0.244 e. The van der Waals surface area contributed by atoms with Gasteiger partial charge in [0.1, 0.15) is 11.7 Å². The van der Waals surface area contributed by atoms with Crippen LogP contribution in [0.1, 0.15) is 45.3 Å². The molecule has 1 aromatic rings. The molecule has 1 spiro atoms. The van der Waals surface area contributed by atoms with Gasteiger partial charge in [0, 0.05) is 6.61 Å². The van der Waals surface area contributed by atoms with E-state index in [-0.39, 0.29) is 23.2 Å². The lowest BCUT2D eigenvalue weighted by Gasteiger charge is -2.33. The van der Waals surface area contributed by atoms with Crippen LogP contribution in [-0.4, -0.2) is 35.1 Å². The van der Waals surface area contributed by atoms with Gasteiger partial charge in [0.25, 0.3) is 0 Å². The highest BCUT2D eigenvalue weighted by atomic mass is 16.5. The number of carbonyl (C=O) groups is 1. The lowest BCUT2D eigenvalue weighted by Crippen LogP contribution is -2.44. The molecular formula is C17H24N2O2. The van der Waals surface area contributed by atoms with Crippen molar-refractivity contribution >= 4 is 5.91 Å². The van der Waals surface area contributed by atoms with E-state index in [4.69, 9.17) is 4.74 Å². The van der Waals surface area contributed by atoms with E-state index >= 15 is 0 Å². The summed E-state index contributed by atoms with van der Waals surface area (Å²) in [5.41, 5.74) is 0.504. The fraction of sp³-hybridized carbons (Fsp3) is 0.588. The minimum Gasteiger partial charge on any atom is -0.374 e. The number of hydrogen-bond acceptors (Lipinski definition) is 3. The molecule has 3 rings (SSSR count). The van der Waals surface area contributed by atoms with Crippen LogP contribution in [0.2, 0.25) is 0 Å². The van der Waals surface area contributed by atoms with Gasteiger partial charge in [-0.25, -0.2) is 0 Å². The number of nitrogens with zero attached hydrogens (tertiary/aromatic N) is 1. The molecule has 1 aromatic carbocycles. The summed E-state index contributed by atoms with van der Waals surface area (Å²) < 4.78 is 5.79. The van der Waals surface area contributed by atoms with Gasteiger partial charge in [0.15, 0.2) is 0 Å². The summed E-state index contributed by atoms with van der Waals surface area (Å²) in [4.78, 5) is 14.7. The molecule has 0 radical (unpaired) electrons. The molecule has 0 bridgehead atoms. The van der Waals surface area contributed by atoms with Crippen molar-refractivity contribution in [2.45, 2.75) is 50.9 Å². The minimum absolute atomic E-state index is 0.0408. The van der Waals surface area contributed by atoms with E-state index in [1.165, 1.54) is 0 Å². The second kappa shape index (κ2) is 5.11. The van der Waals surface area contributed by atoms with Crippen molar-refractivity contribution in [3.63, 3.8) is 0 Å².